The number of rotatable bonds is 3. The number of Topliss-reactive ketones (excluding diaryl/α,β-unsaturated/α-hetero) is 1. The maximum atomic E-state index is 12.0. The molecule has 0 radical (unpaired) electrons. The van der Waals surface area contributed by atoms with Crippen molar-refractivity contribution in [3.05, 3.63) is 64.4 Å². The van der Waals surface area contributed by atoms with E-state index in [0.29, 0.717) is 17.0 Å². The fraction of sp³-hybridized carbons (Fsp3) is 0.143. The van der Waals surface area contributed by atoms with E-state index >= 15 is 0 Å². The van der Waals surface area contributed by atoms with E-state index in [1.54, 1.807) is 18.5 Å². The topological polar surface area (TPSA) is 30.0 Å². The molecular weight excluding hydrogens is 234 g/mol. The van der Waals surface area contributed by atoms with Crippen molar-refractivity contribution in [1.29, 1.82) is 0 Å². The van der Waals surface area contributed by atoms with Crippen molar-refractivity contribution in [2.45, 2.75) is 13.3 Å². The molecule has 0 aliphatic carbocycles. The zero-order valence-corrected chi connectivity index (χ0v) is 10.2. The van der Waals surface area contributed by atoms with Gasteiger partial charge < -0.3 is 0 Å². The molecule has 1 aromatic heterocycles. The number of aromatic nitrogens is 1. The van der Waals surface area contributed by atoms with Gasteiger partial charge in [-0.25, -0.2) is 0 Å². The second-order valence-corrected chi connectivity index (χ2v) is 4.41. The Bertz CT molecular complexity index is 517. The number of hydrogen-bond acceptors (Lipinski definition) is 2. The summed E-state index contributed by atoms with van der Waals surface area (Å²) in [7, 11) is 0. The second kappa shape index (κ2) is 5.11. The lowest BCUT2D eigenvalue weighted by Crippen LogP contribution is -2.03. The van der Waals surface area contributed by atoms with Gasteiger partial charge in [-0.1, -0.05) is 11.6 Å². The molecule has 0 spiro atoms. The van der Waals surface area contributed by atoms with Crippen LogP contribution in [0, 0.1) is 6.92 Å². The number of aryl methyl sites for hydroxylation is 1. The Hall–Kier alpha value is -1.67. The molecule has 2 aromatic rings. The molecule has 1 aromatic carbocycles. The Labute approximate surface area is 105 Å². The van der Waals surface area contributed by atoms with Crippen LogP contribution in [0.25, 0.3) is 0 Å². The molecule has 0 unspecified atom stereocenters. The molecule has 2 rings (SSSR count). The average Bonchev–Trinajstić information content (AvgIpc) is 2.29. The summed E-state index contributed by atoms with van der Waals surface area (Å²) in [6.07, 6.45) is 3.75. The van der Waals surface area contributed by atoms with Crippen LogP contribution in [0.2, 0.25) is 5.02 Å². The molecule has 1 heterocycles. The standard InChI is InChI=1S/C14H12ClNO/c1-10-6-12(9-13(15)7-10)14(17)8-11-2-4-16-5-3-11/h2-7,9H,8H2,1H3. The molecule has 86 valence electrons. The first-order chi connectivity index (χ1) is 8.15. The molecule has 3 heteroatoms. The van der Waals surface area contributed by atoms with Crippen LogP contribution in [0.1, 0.15) is 21.5 Å². The van der Waals surface area contributed by atoms with Gasteiger partial charge in [-0.2, -0.15) is 0 Å². The van der Waals surface area contributed by atoms with Gasteiger partial charge >= 0.3 is 0 Å². The van der Waals surface area contributed by atoms with Crippen molar-refractivity contribution >= 4 is 17.4 Å². The summed E-state index contributed by atoms with van der Waals surface area (Å²) in [6, 6.07) is 9.09. The van der Waals surface area contributed by atoms with Gasteiger partial charge in [0.05, 0.1) is 0 Å². The van der Waals surface area contributed by atoms with Gasteiger partial charge in [0, 0.05) is 29.4 Å². The second-order valence-electron chi connectivity index (χ2n) is 3.97. The number of carbonyl (C=O) groups is 1. The highest BCUT2D eigenvalue weighted by Gasteiger charge is 2.08. The summed E-state index contributed by atoms with van der Waals surface area (Å²) in [5.74, 6) is 0.0711. The average molecular weight is 246 g/mol. The van der Waals surface area contributed by atoms with Crippen LogP contribution in [-0.2, 0) is 6.42 Å². The minimum atomic E-state index is 0.0711. The summed E-state index contributed by atoms with van der Waals surface area (Å²) in [5.41, 5.74) is 2.62. The number of pyridine rings is 1. The van der Waals surface area contributed by atoms with Crippen molar-refractivity contribution in [2.24, 2.45) is 0 Å². The van der Waals surface area contributed by atoms with E-state index in [1.165, 1.54) is 0 Å². The van der Waals surface area contributed by atoms with Gasteiger partial charge in [-0.3, -0.25) is 9.78 Å². The molecule has 0 aliphatic rings. The molecule has 0 saturated carbocycles. The molecule has 2 nitrogen and oxygen atoms in total. The summed E-state index contributed by atoms with van der Waals surface area (Å²) in [5, 5.41) is 0.600. The Kier molecular flexibility index (Phi) is 3.55. The normalized spacial score (nSPS) is 10.2. The van der Waals surface area contributed by atoms with Gasteiger partial charge in [0.25, 0.3) is 0 Å². The summed E-state index contributed by atoms with van der Waals surface area (Å²) in [4.78, 5) is 16.0. The van der Waals surface area contributed by atoms with Gasteiger partial charge in [-0.15, -0.1) is 0 Å². The van der Waals surface area contributed by atoms with E-state index in [9.17, 15) is 4.79 Å². The van der Waals surface area contributed by atoms with E-state index in [1.807, 2.05) is 31.2 Å². The fourth-order valence-electron chi connectivity index (χ4n) is 1.69. The molecule has 0 fully saturated rings. The van der Waals surface area contributed by atoms with Gasteiger partial charge in [0.2, 0.25) is 0 Å². The number of halogens is 1. The Morgan fingerprint density at radius 3 is 2.59 bits per heavy atom. The van der Waals surface area contributed by atoms with Gasteiger partial charge in [-0.05, 0) is 48.4 Å². The van der Waals surface area contributed by atoms with Gasteiger partial charge in [0.1, 0.15) is 0 Å². The third-order valence-corrected chi connectivity index (χ3v) is 2.70. The highest BCUT2D eigenvalue weighted by molar-refractivity contribution is 6.31. The predicted molar refractivity (Wildman–Crippen MR) is 68.5 cm³/mol. The highest BCUT2D eigenvalue weighted by Crippen LogP contribution is 2.16. The first kappa shape index (κ1) is 11.8. The largest absolute Gasteiger partial charge is 0.294 e. The van der Waals surface area contributed by atoms with Crippen molar-refractivity contribution in [1.82, 2.24) is 4.98 Å². The van der Waals surface area contributed by atoms with Crippen LogP contribution in [-0.4, -0.2) is 10.8 Å². The van der Waals surface area contributed by atoms with Gasteiger partial charge in [0.15, 0.2) is 5.78 Å². The first-order valence-corrected chi connectivity index (χ1v) is 5.72. The molecule has 0 N–H and O–H groups in total. The maximum absolute atomic E-state index is 12.0. The zero-order valence-electron chi connectivity index (χ0n) is 9.48. The summed E-state index contributed by atoms with van der Waals surface area (Å²) >= 11 is 5.93. The van der Waals surface area contributed by atoms with Crippen molar-refractivity contribution < 1.29 is 4.79 Å². The monoisotopic (exact) mass is 245 g/mol. The lowest BCUT2D eigenvalue weighted by atomic mass is 10.0. The molecule has 0 atom stereocenters. The van der Waals surface area contributed by atoms with Crippen LogP contribution in [0.4, 0.5) is 0 Å². The number of ketones is 1. The van der Waals surface area contributed by atoms with E-state index in [2.05, 4.69) is 4.98 Å². The molecular formula is C14H12ClNO. The Morgan fingerprint density at radius 2 is 1.94 bits per heavy atom. The number of carbonyl (C=O) groups excluding carboxylic acids is 1. The van der Waals surface area contributed by atoms with Crippen LogP contribution in [0.15, 0.2) is 42.7 Å². The third-order valence-electron chi connectivity index (χ3n) is 2.48. The Balaban J connectivity index is 2.20. The molecule has 0 saturated heterocycles. The number of hydrogen-bond donors (Lipinski definition) is 0. The number of benzene rings is 1. The molecule has 0 bridgehead atoms. The van der Waals surface area contributed by atoms with Crippen molar-refractivity contribution in [3.8, 4) is 0 Å². The number of nitrogens with zero attached hydrogens (tertiary/aromatic N) is 1. The third kappa shape index (κ3) is 3.14. The SMILES string of the molecule is Cc1cc(Cl)cc(C(=O)Cc2ccncc2)c1. The smallest absolute Gasteiger partial charge is 0.167 e. The van der Waals surface area contributed by atoms with E-state index in [-0.39, 0.29) is 5.78 Å². The van der Waals surface area contributed by atoms with E-state index in [4.69, 9.17) is 11.6 Å². The lowest BCUT2D eigenvalue weighted by Gasteiger charge is -2.03. The minimum Gasteiger partial charge on any atom is -0.294 e. The fourth-order valence-corrected chi connectivity index (χ4v) is 1.98. The van der Waals surface area contributed by atoms with Crippen LogP contribution in [0.3, 0.4) is 0 Å². The van der Waals surface area contributed by atoms with E-state index < -0.39 is 0 Å². The van der Waals surface area contributed by atoms with Crippen molar-refractivity contribution in [2.75, 3.05) is 0 Å². The maximum Gasteiger partial charge on any atom is 0.167 e. The lowest BCUT2D eigenvalue weighted by molar-refractivity contribution is 0.0993. The first-order valence-electron chi connectivity index (χ1n) is 5.34. The van der Waals surface area contributed by atoms with E-state index in [0.717, 1.165) is 11.1 Å². The summed E-state index contributed by atoms with van der Waals surface area (Å²) < 4.78 is 0. The quantitative estimate of drug-likeness (QED) is 0.775. The summed E-state index contributed by atoms with van der Waals surface area (Å²) in [6.45, 7) is 1.93. The molecule has 0 amide bonds. The van der Waals surface area contributed by atoms with Crippen LogP contribution < -0.4 is 0 Å². The molecule has 0 aliphatic heterocycles. The predicted octanol–water partition coefficient (Wildman–Crippen LogP) is 3.47. The van der Waals surface area contributed by atoms with Crippen molar-refractivity contribution in [3.63, 3.8) is 0 Å². The van der Waals surface area contributed by atoms with Crippen LogP contribution >= 0.6 is 11.6 Å². The minimum absolute atomic E-state index is 0.0711. The highest BCUT2D eigenvalue weighted by atomic mass is 35.5. The zero-order chi connectivity index (χ0) is 12.3. The Morgan fingerprint density at radius 1 is 1.24 bits per heavy atom. The molecule has 17 heavy (non-hydrogen) atoms. The van der Waals surface area contributed by atoms with Crippen LogP contribution in [0.5, 0.6) is 0 Å².